The van der Waals surface area contributed by atoms with E-state index in [1.54, 1.807) is 30.3 Å². The maximum Gasteiger partial charge on any atom is 0.272 e. The van der Waals surface area contributed by atoms with E-state index < -0.39 is 0 Å². The maximum absolute atomic E-state index is 12.8. The van der Waals surface area contributed by atoms with Crippen LogP contribution >= 0.6 is 0 Å². The van der Waals surface area contributed by atoms with E-state index in [9.17, 15) is 9.59 Å². The van der Waals surface area contributed by atoms with Gasteiger partial charge in [-0.05, 0) is 30.7 Å². The monoisotopic (exact) mass is 383 g/mol. The highest BCUT2D eigenvalue weighted by Crippen LogP contribution is 2.14. The van der Waals surface area contributed by atoms with Gasteiger partial charge in [-0.2, -0.15) is 0 Å². The first-order chi connectivity index (χ1) is 13.7. The number of ether oxygens (including phenoxy) is 1. The SMILES string of the molecule is COCCCNC(=O)c1ccnc(C(=O)N2CCN(c3ccccn3)CC2)c1. The molecule has 0 aliphatic carbocycles. The Balaban J connectivity index is 1.57. The minimum absolute atomic E-state index is 0.158. The van der Waals surface area contributed by atoms with Gasteiger partial charge in [-0.15, -0.1) is 0 Å². The van der Waals surface area contributed by atoms with E-state index in [0.717, 1.165) is 12.2 Å². The second kappa shape index (κ2) is 9.80. The number of methoxy groups -OCH3 is 1. The first-order valence-corrected chi connectivity index (χ1v) is 9.37. The molecule has 1 saturated heterocycles. The molecule has 0 unspecified atom stereocenters. The molecular weight excluding hydrogens is 358 g/mol. The van der Waals surface area contributed by atoms with Gasteiger partial charge in [-0.3, -0.25) is 14.6 Å². The Bertz CT molecular complexity index is 791. The van der Waals surface area contributed by atoms with Gasteiger partial charge in [-0.25, -0.2) is 4.98 Å². The average molecular weight is 383 g/mol. The molecule has 0 saturated carbocycles. The van der Waals surface area contributed by atoms with Crippen LogP contribution in [0.1, 0.15) is 27.3 Å². The van der Waals surface area contributed by atoms with Gasteiger partial charge in [0.2, 0.25) is 0 Å². The molecule has 2 aromatic heterocycles. The second-order valence-corrected chi connectivity index (χ2v) is 6.50. The second-order valence-electron chi connectivity index (χ2n) is 6.50. The molecule has 1 N–H and O–H groups in total. The first kappa shape index (κ1) is 19.8. The molecule has 0 bridgehead atoms. The lowest BCUT2D eigenvalue weighted by Crippen LogP contribution is -2.49. The molecule has 0 spiro atoms. The summed E-state index contributed by atoms with van der Waals surface area (Å²) in [5.41, 5.74) is 0.721. The van der Waals surface area contributed by atoms with Crippen LogP contribution in [-0.2, 0) is 4.74 Å². The van der Waals surface area contributed by atoms with Crippen LogP contribution in [0.25, 0.3) is 0 Å². The molecule has 8 nitrogen and oxygen atoms in total. The third kappa shape index (κ3) is 5.04. The standard InChI is InChI=1S/C20H25N5O3/c1-28-14-4-8-23-19(26)16-6-9-21-17(15-16)20(27)25-12-10-24(11-13-25)18-5-2-3-7-22-18/h2-3,5-7,9,15H,4,8,10-14H2,1H3,(H,23,26). The molecule has 0 aromatic carbocycles. The van der Waals surface area contributed by atoms with Crippen molar-refractivity contribution in [3.05, 3.63) is 54.0 Å². The van der Waals surface area contributed by atoms with Gasteiger partial charge >= 0.3 is 0 Å². The molecule has 1 aliphatic rings. The van der Waals surface area contributed by atoms with Crippen molar-refractivity contribution >= 4 is 17.6 Å². The summed E-state index contributed by atoms with van der Waals surface area (Å²) < 4.78 is 4.96. The smallest absolute Gasteiger partial charge is 0.272 e. The van der Waals surface area contributed by atoms with Crippen LogP contribution in [0.2, 0.25) is 0 Å². The van der Waals surface area contributed by atoms with Crippen molar-refractivity contribution in [3.8, 4) is 0 Å². The fourth-order valence-corrected chi connectivity index (χ4v) is 3.05. The molecule has 2 amide bonds. The zero-order chi connectivity index (χ0) is 19.8. The van der Waals surface area contributed by atoms with Crippen LogP contribution < -0.4 is 10.2 Å². The van der Waals surface area contributed by atoms with E-state index >= 15 is 0 Å². The molecule has 1 aliphatic heterocycles. The van der Waals surface area contributed by atoms with Gasteiger partial charge in [0.1, 0.15) is 11.5 Å². The summed E-state index contributed by atoms with van der Waals surface area (Å²) in [6.45, 7) is 3.71. The lowest BCUT2D eigenvalue weighted by molar-refractivity contribution is 0.0740. The number of carbonyl (C=O) groups excluding carboxylic acids is 2. The number of carbonyl (C=O) groups is 2. The number of anilines is 1. The highest BCUT2D eigenvalue weighted by Gasteiger charge is 2.24. The molecule has 2 aromatic rings. The van der Waals surface area contributed by atoms with E-state index in [2.05, 4.69) is 20.2 Å². The Morgan fingerprint density at radius 1 is 1.11 bits per heavy atom. The highest BCUT2D eigenvalue weighted by molar-refractivity contribution is 5.98. The fraction of sp³-hybridized carbons (Fsp3) is 0.400. The minimum atomic E-state index is -0.215. The third-order valence-electron chi connectivity index (χ3n) is 4.59. The molecule has 28 heavy (non-hydrogen) atoms. The van der Waals surface area contributed by atoms with Crippen molar-refractivity contribution in [2.45, 2.75) is 6.42 Å². The van der Waals surface area contributed by atoms with Gasteiger partial charge in [0.05, 0.1) is 0 Å². The van der Waals surface area contributed by atoms with E-state index in [-0.39, 0.29) is 17.5 Å². The third-order valence-corrected chi connectivity index (χ3v) is 4.59. The van der Waals surface area contributed by atoms with Crippen molar-refractivity contribution in [3.63, 3.8) is 0 Å². The van der Waals surface area contributed by atoms with Gasteiger partial charge in [-0.1, -0.05) is 6.07 Å². The molecule has 3 heterocycles. The van der Waals surface area contributed by atoms with E-state index in [0.29, 0.717) is 44.9 Å². The molecule has 0 atom stereocenters. The first-order valence-electron chi connectivity index (χ1n) is 9.37. The average Bonchev–Trinajstić information content (AvgIpc) is 2.77. The van der Waals surface area contributed by atoms with Crippen molar-refractivity contribution in [2.75, 3.05) is 51.3 Å². The number of hydrogen-bond donors (Lipinski definition) is 1. The van der Waals surface area contributed by atoms with Gasteiger partial charge in [0.25, 0.3) is 11.8 Å². The molecule has 148 valence electrons. The summed E-state index contributed by atoms with van der Waals surface area (Å²) >= 11 is 0. The van der Waals surface area contributed by atoms with Gasteiger partial charge in [0.15, 0.2) is 0 Å². The zero-order valence-corrected chi connectivity index (χ0v) is 16.0. The topological polar surface area (TPSA) is 87.7 Å². The van der Waals surface area contributed by atoms with Crippen molar-refractivity contribution in [2.24, 2.45) is 0 Å². The summed E-state index contributed by atoms with van der Waals surface area (Å²) in [6, 6.07) is 8.97. The fourth-order valence-electron chi connectivity index (χ4n) is 3.05. The van der Waals surface area contributed by atoms with Crippen LogP contribution in [0.15, 0.2) is 42.7 Å². The summed E-state index contributed by atoms with van der Waals surface area (Å²) in [7, 11) is 1.62. The van der Waals surface area contributed by atoms with Gasteiger partial charge in [0, 0.05) is 64.4 Å². The summed E-state index contributed by atoms with van der Waals surface area (Å²) in [4.78, 5) is 37.5. The van der Waals surface area contributed by atoms with Crippen molar-refractivity contribution in [1.29, 1.82) is 0 Å². The largest absolute Gasteiger partial charge is 0.385 e. The number of aromatic nitrogens is 2. The lowest BCUT2D eigenvalue weighted by atomic mass is 10.2. The number of rotatable bonds is 7. The molecule has 0 radical (unpaired) electrons. The summed E-state index contributed by atoms with van der Waals surface area (Å²) in [6.07, 6.45) is 4.00. The number of nitrogens with one attached hydrogen (secondary N) is 1. The van der Waals surface area contributed by atoms with E-state index in [1.807, 2.05) is 18.2 Å². The predicted octanol–water partition coefficient (Wildman–Crippen LogP) is 1.21. The Hall–Kier alpha value is -3.00. The van der Waals surface area contributed by atoms with E-state index in [1.165, 1.54) is 6.20 Å². The Morgan fingerprint density at radius 3 is 2.64 bits per heavy atom. The quantitative estimate of drug-likeness (QED) is 0.723. The van der Waals surface area contributed by atoms with Crippen LogP contribution in [0, 0.1) is 0 Å². The lowest BCUT2D eigenvalue weighted by Gasteiger charge is -2.35. The molecule has 1 fully saturated rings. The van der Waals surface area contributed by atoms with Crippen LogP contribution in [0.5, 0.6) is 0 Å². The molecule has 8 heteroatoms. The highest BCUT2D eigenvalue weighted by atomic mass is 16.5. The summed E-state index contributed by atoms with van der Waals surface area (Å²) in [5.74, 6) is 0.544. The summed E-state index contributed by atoms with van der Waals surface area (Å²) in [5, 5.41) is 2.82. The number of piperazine rings is 1. The number of nitrogens with zero attached hydrogens (tertiary/aromatic N) is 4. The van der Waals surface area contributed by atoms with E-state index in [4.69, 9.17) is 4.74 Å². The number of pyridine rings is 2. The maximum atomic E-state index is 12.8. The van der Waals surface area contributed by atoms with Crippen LogP contribution in [0.3, 0.4) is 0 Å². The Kier molecular flexibility index (Phi) is 6.91. The van der Waals surface area contributed by atoms with Crippen LogP contribution in [-0.4, -0.2) is 73.1 Å². The van der Waals surface area contributed by atoms with Crippen molar-refractivity contribution in [1.82, 2.24) is 20.2 Å². The molecule has 3 rings (SSSR count). The number of hydrogen-bond acceptors (Lipinski definition) is 6. The van der Waals surface area contributed by atoms with Crippen LogP contribution in [0.4, 0.5) is 5.82 Å². The predicted molar refractivity (Wildman–Crippen MR) is 105 cm³/mol. The Labute approximate surface area is 164 Å². The Morgan fingerprint density at radius 2 is 1.93 bits per heavy atom. The number of amides is 2. The normalized spacial score (nSPS) is 14.0. The molecular formula is C20H25N5O3. The van der Waals surface area contributed by atoms with Crippen molar-refractivity contribution < 1.29 is 14.3 Å². The minimum Gasteiger partial charge on any atom is -0.385 e. The van der Waals surface area contributed by atoms with Gasteiger partial charge < -0.3 is 19.9 Å². The zero-order valence-electron chi connectivity index (χ0n) is 16.0.